The first-order chi connectivity index (χ1) is 8.67. The van der Waals surface area contributed by atoms with Gasteiger partial charge in [0.05, 0.1) is 6.61 Å². The molecule has 0 spiro atoms. The molecule has 1 aromatic rings. The van der Waals surface area contributed by atoms with Gasteiger partial charge in [0.25, 0.3) is 0 Å². The number of amides is 1. The molecule has 0 radical (unpaired) electrons. The fourth-order valence-electron chi connectivity index (χ4n) is 1.23. The average molecular weight is 254 g/mol. The topological polar surface area (TPSA) is 114 Å². The van der Waals surface area contributed by atoms with Crippen LogP contribution in [-0.2, 0) is 9.53 Å². The molecule has 5 N–H and O–H groups in total. The molecular formula is C10H18N6O2. The molecule has 1 heterocycles. The van der Waals surface area contributed by atoms with Crippen molar-refractivity contribution in [3.63, 3.8) is 0 Å². The lowest BCUT2D eigenvalue weighted by Gasteiger charge is -2.14. The van der Waals surface area contributed by atoms with Gasteiger partial charge in [0.2, 0.25) is 11.9 Å². The highest BCUT2D eigenvalue weighted by atomic mass is 16.5. The van der Waals surface area contributed by atoms with Gasteiger partial charge in [-0.25, -0.2) is 10.8 Å². The molecule has 1 aromatic heterocycles. The lowest BCUT2D eigenvalue weighted by atomic mass is 10.3. The molecule has 1 unspecified atom stereocenters. The van der Waals surface area contributed by atoms with Crippen LogP contribution >= 0.6 is 0 Å². The van der Waals surface area contributed by atoms with Crippen molar-refractivity contribution in [2.24, 2.45) is 5.84 Å². The fraction of sp³-hybridized carbons (Fsp3) is 0.500. The minimum Gasteiger partial charge on any atom is -0.383 e. The quantitative estimate of drug-likeness (QED) is 0.290. The van der Waals surface area contributed by atoms with Crippen molar-refractivity contribution in [3.8, 4) is 0 Å². The maximum atomic E-state index is 11.7. The van der Waals surface area contributed by atoms with E-state index in [1.807, 2.05) is 0 Å². The summed E-state index contributed by atoms with van der Waals surface area (Å²) >= 11 is 0. The van der Waals surface area contributed by atoms with E-state index >= 15 is 0 Å². The Morgan fingerprint density at radius 3 is 3.06 bits per heavy atom. The van der Waals surface area contributed by atoms with E-state index in [1.165, 1.54) is 0 Å². The Morgan fingerprint density at radius 1 is 1.61 bits per heavy atom. The number of nitrogens with zero attached hydrogens (tertiary/aromatic N) is 2. The molecule has 0 aliphatic heterocycles. The summed E-state index contributed by atoms with van der Waals surface area (Å²) in [4.78, 5) is 19.6. The van der Waals surface area contributed by atoms with Crippen molar-refractivity contribution in [1.82, 2.24) is 15.3 Å². The van der Waals surface area contributed by atoms with Gasteiger partial charge in [0.15, 0.2) is 0 Å². The van der Waals surface area contributed by atoms with Crippen LogP contribution in [0, 0.1) is 0 Å². The van der Waals surface area contributed by atoms with Crippen LogP contribution in [0.2, 0.25) is 0 Å². The van der Waals surface area contributed by atoms with Crippen LogP contribution in [0.3, 0.4) is 0 Å². The van der Waals surface area contributed by atoms with Crippen LogP contribution in [0.4, 0.5) is 11.8 Å². The van der Waals surface area contributed by atoms with Crippen molar-refractivity contribution in [2.45, 2.75) is 13.0 Å². The zero-order valence-electron chi connectivity index (χ0n) is 10.4. The number of hydrogen-bond acceptors (Lipinski definition) is 7. The lowest BCUT2D eigenvalue weighted by Crippen LogP contribution is -2.39. The largest absolute Gasteiger partial charge is 0.383 e. The van der Waals surface area contributed by atoms with E-state index in [2.05, 4.69) is 26.0 Å². The van der Waals surface area contributed by atoms with Gasteiger partial charge in [-0.1, -0.05) is 0 Å². The van der Waals surface area contributed by atoms with Crippen molar-refractivity contribution in [3.05, 3.63) is 12.3 Å². The minimum absolute atomic E-state index is 0.132. The van der Waals surface area contributed by atoms with Crippen LogP contribution in [0.1, 0.15) is 6.92 Å². The van der Waals surface area contributed by atoms with Crippen molar-refractivity contribution >= 4 is 17.7 Å². The van der Waals surface area contributed by atoms with Gasteiger partial charge in [-0.15, -0.1) is 0 Å². The second-order valence-electron chi connectivity index (χ2n) is 3.56. The Morgan fingerprint density at radius 2 is 2.39 bits per heavy atom. The van der Waals surface area contributed by atoms with E-state index in [0.29, 0.717) is 19.0 Å². The monoisotopic (exact) mass is 254 g/mol. The van der Waals surface area contributed by atoms with Gasteiger partial charge in [0.1, 0.15) is 11.9 Å². The molecule has 0 bridgehead atoms. The van der Waals surface area contributed by atoms with Gasteiger partial charge < -0.3 is 15.4 Å². The maximum absolute atomic E-state index is 11.7. The first-order valence-corrected chi connectivity index (χ1v) is 5.50. The van der Waals surface area contributed by atoms with Crippen molar-refractivity contribution < 1.29 is 9.53 Å². The molecule has 0 saturated carbocycles. The Bertz CT molecular complexity index is 386. The summed E-state index contributed by atoms with van der Waals surface area (Å²) in [7, 11) is 1.58. The minimum atomic E-state index is -0.414. The summed E-state index contributed by atoms with van der Waals surface area (Å²) in [6, 6.07) is 1.24. The summed E-state index contributed by atoms with van der Waals surface area (Å²) in [6.07, 6.45) is 1.54. The highest BCUT2D eigenvalue weighted by molar-refractivity contribution is 5.83. The fourth-order valence-corrected chi connectivity index (χ4v) is 1.23. The number of ether oxygens (including phenoxy) is 1. The first-order valence-electron chi connectivity index (χ1n) is 5.50. The molecule has 100 valence electrons. The molecule has 1 rings (SSSR count). The van der Waals surface area contributed by atoms with Crippen LogP contribution in [-0.4, -0.2) is 42.2 Å². The summed E-state index contributed by atoms with van der Waals surface area (Å²) in [5.41, 5.74) is 2.33. The Kier molecular flexibility index (Phi) is 5.81. The number of hydrazine groups is 1. The lowest BCUT2D eigenvalue weighted by molar-refractivity contribution is -0.121. The molecule has 8 nitrogen and oxygen atoms in total. The molecule has 0 aliphatic carbocycles. The summed E-state index contributed by atoms with van der Waals surface area (Å²) < 4.78 is 4.84. The van der Waals surface area contributed by atoms with Crippen molar-refractivity contribution in [1.29, 1.82) is 0 Å². The Balaban J connectivity index is 2.47. The van der Waals surface area contributed by atoms with E-state index < -0.39 is 6.04 Å². The molecule has 18 heavy (non-hydrogen) atoms. The van der Waals surface area contributed by atoms with Crippen LogP contribution in [0.15, 0.2) is 12.3 Å². The number of rotatable bonds is 7. The van der Waals surface area contributed by atoms with Gasteiger partial charge in [-0.3, -0.25) is 10.2 Å². The van der Waals surface area contributed by atoms with E-state index in [4.69, 9.17) is 10.6 Å². The SMILES string of the molecule is COCCNC(=O)C(C)Nc1ccnc(NN)n1. The standard InChI is InChI=1S/C10H18N6O2/c1-7(9(17)12-5-6-18-2)14-8-3-4-13-10(15-8)16-11/h3-4,7H,5-6,11H2,1-2H3,(H,12,17)(H2,13,14,15,16). The van der Waals surface area contributed by atoms with Gasteiger partial charge >= 0.3 is 0 Å². The smallest absolute Gasteiger partial charge is 0.242 e. The second-order valence-corrected chi connectivity index (χ2v) is 3.56. The second kappa shape index (κ2) is 7.41. The summed E-state index contributed by atoms with van der Waals surface area (Å²) in [6.45, 7) is 2.69. The number of carbonyl (C=O) groups excluding carboxylic acids is 1. The Hall–Kier alpha value is -1.93. The van der Waals surface area contributed by atoms with E-state index in [9.17, 15) is 4.79 Å². The molecule has 0 fully saturated rings. The van der Waals surface area contributed by atoms with E-state index in [-0.39, 0.29) is 11.9 Å². The van der Waals surface area contributed by atoms with E-state index in [1.54, 1.807) is 26.3 Å². The van der Waals surface area contributed by atoms with Gasteiger partial charge in [-0.05, 0) is 13.0 Å². The van der Waals surface area contributed by atoms with Gasteiger partial charge in [-0.2, -0.15) is 4.98 Å². The highest BCUT2D eigenvalue weighted by Crippen LogP contribution is 2.06. The average Bonchev–Trinajstić information content (AvgIpc) is 2.39. The number of nitrogens with two attached hydrogens (primary N) is 1. The summed E-state index contributed by atoms with van der Waals surface area (Å²) in [5, 5.41) is 5.67. The summed E-state index contributed by atoms with van der Waals surface area (Å²) in [5.74, 6) is 5.87. The third-order valence-electron chi connectivity index (χ3n) is 2.15. The number of nitrogen functional groups attached to an aromatic ring is 1. The normalized spacial score (nSPS) is 11.7. The molecule has 0 aromatic carbocycles. The van der Waals surface area contributed by atoms with Crippen LogP contribution in [0.5, 0.6) is 0 Å². The maximum Gasteiger partial charge on any atom is 0.242 e. The molecule has 0 aliphatic rings. The van der Waals surface area contributed by atoms with Gasteiger partial charge in [0, 0.05) is 19.9 Å². The van der Waals surface area contributed by atoms with Crippen LogP contribution in [0.25, 0.3) is 0 Å². The number of anilines is 2. The number of aromatic nitrogens is 2. The first kappa shape index (κ1) is 14.1. The van der Waals surface area contributed by atoms with Crippen LogP contribution < -0.4 is 21.9 Å². The number of hydrogen-bond donors (Lipinski definition) is 4. The molecule has 1 amide bonds. The number of carbonyl (C=O) groups is 1. The molecule has 1 atom stereocenters. The van der Waals surface area contributed by atoms with Crippen molar-refractivity contribution in [2.75, 3.05) is 31.0 Å². The molecule has 8 heteroatoms. The predicted molar refractivity (Wildman–Crippen MR) is 67.8 cm³/mol. The third kappa shape index (κ3) is 4.52. The molecule has 0 saturated heterocycles. The molecular weight excluding hydrogens is 236 g/mol. The van der Waals surface area contributed by atoms with E-state index in [0.717, 1.165) is 0 Å². The predicted octanol–water partition coefficient (Wildman–Crippen LogP) is -0.675. The number of nitrogens with one attached hydrogen (secondary N) is 3. The zero-order chi connectivity index (χ0) is 13.4. The zero-order valence-corrected chi connectivity index (χ0v) is 10.4. The third-order valence-corrected chi connectivity index (χ3v) is 2.15. The highest BCUT2D eigenvalue weighted by Gasteiger charge is 2.12. The Labute approximate surface area is 105 Å². The number of methoxy groups -OCH3 is 1.